The highest BCUT2D eigenvalue weighted by Crippen LogP contribution is 2.44. The van der Waals surface area contributed by atoms with Crippen molar-refractivity contribution in [1.29, 1.82) is 0 Å². The van der Waals surface area contributed by atoms with Crippen LogP contribution in [0.5, 0.6) is 0 Å². The molecule has 2 aliphatic carbocycles. The Morgan fingerprint density at radius 2 is 1.95 bits per heavy atom. The fourth-order valence-corrected chi connectivity index (χ4v) is 3.80. The van der Waals surface area contributed by atoms with E-state index in [-0.39, 0.29) is 17.7 Å². The van der Waals surface area contributed by atoms with Gasteiger partial charge in [-0.1, -0.05) is 49.4 Å². The molecule has 0 aliphatic heterocycles. The molecule has 3 rings (SSSR count). The van der Waals surface area contributed by atoms with Crippen molar-refractivity contribution < 1.29 is 14.7 Å². The van der Waals surface area contributed by atoms with Crippen molar-refractivity contribution in [3.63, 3.8) is 0 Å². The van der Waals surface area contributed by atoms with Gasteiger partial charge in [0, 0.05) is 5.92 Å². The highest BCUT2D eigenvalue weighted by molar-refractivity contribution is 5.89. The molecule has 116 valence electrons. The fraction of sp³-hybridized carbons (Fsp3) is 0.444. The molecular weight excluding hydrogens is 278 g/mol. The number of nitrogens with one attached hydrogen (secondary N) is 1. The van der Waals surface area contributed by atoms with E-state index in [2.05, 4.69) is 17.5 Å². The lowest BCUT2D eigenvalue weighted by Crippen LogP contribution is -2.53. The molecular formula is C18H21NO3. The summed E-state index contributed by atoms with van der Waals surface area (Å²) >= 11 is 0. The molecule has 2 N–H and O–H groups in total. The van der Waals surface area contributed by atoms with Crippen LogP contribution in [0, 0.1) is 17.8 Å². The van der Waals surface area contributed by atoms with Gasteiger partial charge in [-0.2, -0.15) is 0 Å². The van der Waals surface area contributed by atoms with Crippen molar-refractivity contribution in [2.24, 2.45) is 17.8 Å². The molecule has 2 aliphatic rings. The largest absolute Gasteiger partial charge is 0.479 e. The number of amides is 1. The van der Waals surface area contributed by atoms with E-state index in [1.54, 1.807) is 31.2 Å². The summed E-state index contributed by atoms with van der Waals surface area (Å²) in [5, 5.41) is 12.6. The van der Waals surface area contributed by atoms with Gasteiger partial charge in [0.2, 0.25) is 5.91 Å². The Kier molecular flexibility index (Phi) is 3.77. The molecule has 22 heavy (non-hydrogen) atoms. The summed E-state index contributed by atoms with van der Waals surface area (Å²) in [5.41, 5.74) is -0.721. The summed E-state index contributed by atoms with van der Waals surface area (Å²) in [6.07, 6.45) is 6.46. The second-order valence-electron chi connectivity index (χ2n) is 6.31. The normalized spacial score (nSPS) is 28.3. The van der Waals surface area contributed by atoms with Crippen LogP contribution in [0.3, 0.4) is 0 Å². The van der Waals surface area contributed by atoms with Crippen LogP contribution in [0.1, 0.15) is 31.7 Å². The van der Waals surface area contributed by atoms with E-state index in [1.165, 1.54) is 0 Å². The third kappa shape index (κ3) is 2.32. The van der Waals surface area contributed by atoms with Gasteiger partial charge in [0.15, 0.2) is 5.54 Å². The number of carbonyl (C=O) groups is 2. The Morgan fingerprint density at radius 3 is 2.45 bits per heavy atom. The van der Waals surface area contributed by atoms with Crippen molar-refractivity contribution in [2.75, 3.05) is 0 Å². The lowest BCUT2D eigenvalue weighted by atomic mass is 9.85. The Morgan fingerprint density at radius 1 is 1.23 bits per heavy atom. The Hall–Kier alpha value is -2.10. The number of carbonyl (C=O) groups excluding carboxylic acids is 1. The van der Waals surface area contributed by atoms with E-state index in [0.29, 0.717) is 17.9 Å². The minimum Gasteiger partial charge on any atom is -0.479 e. The van der Waals surface area contributed by atoms with E-state index in [4.69, 9.17) is 0 Å². The number of aliphatic carboxylic acids is 1. The molecule has 1 aromatic rings. The third-order valence-electron chi connectivity index (χ3n) is 5.11. The molecule has 4 nitrogen and oxygen atoms in total. The number of benzene rings is 1. The molecule has 0 aromatic heterocycles. The van der Waals surface area contributed by atoms with Crippen LogP contribution in [0.4, 0.5) is 0 Å². The van der Waals surface area contributed by atoms with Crippen molar-refractivity contribution in [3.05, 3.63) is 48.0 Å². The zero-order chi connectivity index (χ0) is 15.7. The highest BCUT2D eigenvalue weighted by atomic mass is 16.4. The summed E-state index contributed by atoms with van der Waals surface area (Å²) in [4.78, 5) is 24.6. The third-order valence-corrected chi connectivity index (χ3v) is 5.11. The van der Waals surface area contributed by atoms with Crippen LogP contribution < -0.4 is 5.32 Å². The minimum atomic E-state index is -1.34. The van der Waals surface area contributed by atoms with Gasteiger partial charge in [0.05, 0.1) is 0 Å². The fourth-order valence-electron chi connectivity index (χ4n) is 3.80. The number of fused-ring (bicyclic) bond motifs is 2. The van der Waals surface area contributed by atoms with Crippen molar-refractivity contribution in [1.82, 2.24) is 5.32 Å². The number of carboxylic acid groups (broad SMARTS) is 1. The molecule has 2 bridgehead atoms. The van der Waals surface area contributed by atoms with Gasteiger partial charge in [-0.05, 0) is 36.7 Å². The molecule has 0 spiro atoms. The van der Waals surface area contributed by atoms with E-state index >= 15 is 0 Å². The second-order valence-corrected chi connectivity index (χ2v) is 6.31. The van der Waals surface area contributed by atoms with Gasteiger partial charge in [0.25, 0.3) is 0 Å². The van der Waals surface area contributed by atoms with Gasteiger partial charge < -0.3 is 10.4 Å². The lowest BCUT2D eigenvalue weighted by molar-refractivity contribution is -0.149. The molecule has 4 heteroatoms. The maximum absolute atomic E-state index is 12.7. The molecule has 0 saturated heterocycles. The minimum absolute atomic E-state index is 0.0935. The van der Waals surface area contributed by atoms with Gasteiger partial charge in [0.1, 0.15) is 0 Å². The summed E-state index contributed by atoms with van der Waals surface area (Å²) < 4.78 is 0. The summed E-state index contributed by atoms with van der Waals surface area (Å²) in [6.45, 7) is 1.79. The number of carboxylic acids is 1. The van der Waals surface area contributed by atoms with Crippen LogP contribution >= 0.6 is 0 Å². The number of allylic oxidation sites excluding steroid dienone is 2. The summed E-state index contributed by atoms with van der Waals surface area (Å²) in [5.74, 6) is -0.482. The molecule has 0 radical (unpaired) electrons. The zero-order valence-electron chi connectivity index (χ0n) is 12.7. The molecule has 1 aromatic carbocycles. The van der Waals surface area contributed by atoms with Gasteiger partial charge in [-0.25, -0.2) is 4.79 Å². The summed E-state index contributed by atoms with van der Waals surface area (Å²) in [7, 11) is 0. The first-order valence-electron chi connectivity index (χ1n) is 7.86. The SMILES string of the molecule is CC[C@@](NC(=O)[C@@H]1C[C@H]2C=C[C@H]1C2)(C(=O)O)c1ccccc1. The second kappa shape index (κ2) is 5.59. The van der Waals surface area contributed by atoms with E-state index in [9.17, 15) is 14.7 Å². The summed E-state index contributed by atoms with van der Waals surface area (Å²) in [6, 6.07) is 8.97. The number of hydrogen-bond donors (Lipinski definition) is 2. The molecule has 1 fully saturated rings. The number of rotatable bonds is 5. The smallest absolute Gasteiger partial charge is 0.334 e. The molecule has 1 saturated carbocycles. The van der Waals surface area contributed by atoms with Gasteiger partial charge in [-0.15, -0.1) is 0 Å². The Bertz CT molecular complexity index is 610. The first kappa shape index (κ1) is 14.8. The standard InChI is InChI=1S/C18H21NO3/c1-2-18(17(21)22,14-6-4-3-5-7-14)19-16(20)15-11-12-8-9-13(15)10-12/h3-9,12-13,15H,2,10-11H2,1H3,(H,19,20)(H,21,22)/t12-,13-,15+,18-/m0/s1. The first-order valence-corrected chi connectivity index (χ1v) is 7.86. The van der Waals surface area contributed by atoms with Crippen LogP contribution in [-0.4, -0.2) is 17.0 Å². The average Bonchev–Trinajstić information content (AvgIpc) is 3.16. The average molecular weight is 299 g/mol. The molecule has 1 amide bonds. The van der Waals surface area contributed by atoms with Crippen molar-refractivity contribution >= 4 is 11.9 Å². The maximum Gasteiger partial charge on any atom is 0.334 e. The van der Waals surface area contributed by atoms with E-state index < -0.39 is 11.5 Å². The molecule has 0 unspecified atom stereocenters. The van der Waals surface area contributed by atoms with Gasteiger partial charge >= 0.3 is 5.97 Å². The quantitative estimate of drug-likeness (QED) is 0.822. The molecule has 4 atom stereocenters. The highest BCUT2D eigenvalue weighted by Gasteiger charge is 2.45. The van der Waals surface area contributed by atoms with Crippen LogP contribution in [0.15, 0.2) is 42.5 Å². The predicted octanol–water partition coefficient (Wildman–Crippen LogP) is 2.70. The topological polar surface area (TPSA) is 66.4 Å². The molecule has 0 heterocycles. The van der Waals surface area contributed by atoms with Crippen LogP contribution in [0.25, 0.3) is 0 Å². The van der Waals surface area contributed by atoms with E-state index in [0.717, 1.165) is 12.8 Å². The Balaban J connectivity index is 1.86. The lowest BCUT2D eigenvalue weighted by Gasteiger charge is -2.32. The monoisotopic (exact) mass is 299 g/mol. The van der Waals surface area contributed by atoms with Crippen molar-refractivity contribution in [2.45, 2.75) is 31.7 Å². The first-order chi connectivity index (χ1) is 10.6. The van der Waals surface area contributed by atoms with Gasteiger partial charge in [-0.3, -0.25) is 4.79 Å². The number of hydrogen-bond acceptors (Lipinski definition) is 2. The zero-order valence-corrected chi connectivity index (χ0v) is 12.7. The maximum atomic E-state index is 12.7. The van der Waals surface area contributed by atoms with Crippen LogP contribution in [0.2, 0.25) is 0 Å². The predicted molar refractivity (Wildman–Crippen MR) is 83.0 cm³/mol. The van der Waals surface area contributed by atoms with Crippen LogP contribution in [-0.2, 0) is 15.1 Å². The van der Waals surface area contributed by atoms with E-state index in [1.807, 2.05) is 6.07 Å². The Labute approximate surface area is 130 Å². The van der Waals surface area contributed by atoms with Crippen molar-refractivity contribution in [3.8, 4) is 0 Å².